The molecule has 176 valence electrons. The number of nitrogens with two attached hydrogens (primary N) is 1. The van der Waals surface area contributed by atoms with E-state index >= 15 is 0 Å². The highest BCUT2D eigenvalue weighted by Crippen LogP contribution is 2.28. The molecule has 0 bridgehead atoms. The van der Waals surface area contributed by atoms with Crippen molar-refractivity contribution in [2.24, 2.45) is 5.73 Å². The second-order valence-corrected chi connectivity index (χ2v) is 11.0. The summed E-state index contributed by atoms with van der Waals surface area (Å²) in [4.78, 5) is 30.3. The number of halogens is 2. The molecule has 10 nitrogen and oxygen atoms in total. The molecule has 0 saturated carbocycles. The number of fused-ring (bicyclic) bond motifs is 1. The molecule has 33 heavy (non-hydrogen) atoms. The van der Waals surface area contributed by atoms with Crippen molar-refractivity contribution in [1.29, 1.82) is 0 Å². The number of thiophene rings is 1. The molecule has 3 aromatic rings. The first-order valence-corrected chi connectivity index (χ1v) is 12.4. The van der Waals surface area contributed by atoms with Gasteiger partial charge in [0.05, 0.1) is 28.3 Å². The Morgan fingerprint density at radius 2 is 2.03 bits per heavy atom. The van der Waals surface area contributed by atoms with Crippen molar-refractivity contribution in [1.82, 2.24) is 14.4 Å². The van der Waals surface area contributed by atoms with Gasteiger partial charge in [0.1, 0.15) is 10.4 Å². The lowest BCUT2D eigenvalue weighted by atomic mass is 10.2. The van der Waals surface area contributed by atoms with Crippen molar-refractivity contribution in [3.05, 3.63) is 46.9 Å². The highest BCUT2D eigenvalue weighted by atomic mass is 35.5. The Balaban J connectivity index is 1.50. The van der Waals surface area contributed by atoms with E-state index in [1.807, 2.05) is 0 Å². The molecule has 14 heteroatoms. The van der Waals surface area contributed by atoms with Crippen LogP contribution in [-0.2, 0) is 10.0 Å². The molecule has 0 spiro atoms. The zero-order valence-corrected chi connectivity index (χ0v) is 19.3. The first kappa shape index (κ1) is 23.3. The maximum Gasteiger partial charge on any atom is 0.429 e. The van der Waals surface area contributed by atoms with Crippen molar-refractivity contribution >= 4 is 61.7 Å². The fraction of sp³-hybridized carbons (Fsp3) is 0.263. The lowest BCUT2D eigenvalue weighted by Crippen LogP contribution is -2.44. The average molecular weight is 516 g/mol. The van der Waals surface area contributed by atoms with E-state index in [0.717, 1.165) is 16.1 Å². The van der Waals surface area contributed by atoms with Crippen LogP contribution in [0.25, 0.3) is 10.9 Å². The Hall–Kier alpha value is -2.87. The number of carbonyl (C=O) groups is 2. The standard InChI is InChI=1S/C19H19ClFN5O5S2/c20-16-5-6-17(32-16)33(29,30)23-8-12-7-11(21)9-25(12)19(28)24-14-10-26(31-18(22)27)15-4-2-1-3-13(14)15/h1-6,10-12,23H,7-9H2,(H2,22,27)(H,24,28)/t11-,12+/m1/s1. The largest absolute Gasteiger partial charge is 0.429 e. The zero-order chi connectivity index (χ0) is 23.8. The second kappa shape index (κ2) is 9.17. The molecule has 2 atom stereocenters. The van der Waals surface area contributed by atoms with Gasteiger partial charge < -0.3 is 20.8 Å². The number of amides is 3. The van der Waals surface area contributed by atoms with Gasteiger partial charge in [-0.15, -0.1) is 11.3 Å². The number of aromatic nitrogens is 1. The van der Waals surface area contributed by atoms with Crippen LogP contribution in [0.4, 0.5) is 19.7 Å². The van der Waals surface area contributed by atoms with Crippen LogP contribution in [0.2, 0.25) is 4.34 Å². The van der Waals surface area contributed by atoms with Crippen molar-refractivity contribution in [2.75, 3.05) is 18.4 Å². The number of carbonyl (C=O) groups excluding carboxylic acids is 2. The number of para-hydroxylation sites is 1. The monoisotopic (exact) mass is 515 g/mol. The molecule has 0 radical (unpaired) electrons. The van der Waals surface area contributed by atoms with Crippen LogP contribution in [0, 0.1) is 0 Å². The Morgan fingerprint density at radius 3 is 2.73 bits per heavy atom. The highest BCUT2D eigenvalue weighted by Gasteiger charge is 2.36. The highest BCUT2D eigenvalue weighted by molar-refractivity contribution is 7.91. The van der Waals surface area contributed by atoms with Crippen LogP contribution in [0.5, 0.6) is 0 Å². The molecule has 4 N–H and O–H groups in total. The van der Waals surface area contributed by atoms with E-state index < -0.39 is 34.4 Å². The summed E-state index contributed by atoms with van der Waals surface area (Å²) in [6.45, 7) is -0.363. The molecule has 1 saturated heterocycles. The minimum Gasteiger partial charge on any atom is -0.333 e. The van der Waals surface area contributed by atoms with E-state index in [0.29, 0.717) is 20.9 Å². The van der Waals surface area contributed by atoms with Gasteiger partial charge >= 0.3 is 12.1 Å². The number of alkyl halides is 1. The minimum atomic E-state index is -3.85. The third-order valence-electron chi connectivity index (χ3n) is 5.05. The second-order valence-electron chi connectivity index (χ2n) is 7.28. The number of nitrogens with one attached hydrogen (secondary N) is 2. The van der Waals surface area contributed by atoms with E-state index in [-0.39, 0.29) is 23.7 Å². The number of sulfonamides is 1. The van der Waals surface area contributed by atoms with Gasteiger partial charge in [-0.3, -0.25) is 0 Å². The first-order valence-electron chi connectivity index (χ1n) is 9.68. The van der Waals surface area contributed by atoms with Crippen LogP contribution >= 0.6 is 22.9 Å². The van der Waals surface area contributed by atoms with Crippen molar-refractivity contribution in [2.45, 2.75) is 22.8 Å². The van der Waals surface area contributed by atoms with Gasteiger partial charge in [-0.05, 0) is 18.2 Å². The number of hydrogen-bond donors (Lipinski definition) is 3. The molecule has 0 unspecified atom stereocenters. The van der Waals surface area contributed by atoms with Crippen LogP contribution in [0.3, 0.4) is 0 Å². The summed E-state index contributed by atoms with van der Waals surface area (Å²) in [5.74, 6) is 0. The summed E-state index contributed by atoms with van der Waals surface area (Å²) in [6, 6.07) is 8.31. The summed E-state index contributed by atoms with van der Waals surface area (Å²) in [7, 11) is -3.85. The Bertz CT molecular complexity index is 1310. The number of hydrogen-bond acceptors (Lipinski definition) is 6. The molecule has 3 heterocycles. The topological polar surface area (TPSA) is 136 Å². The molecule has 2 aromatic heterocycles. The lowest BCUT2D eigenvalue weighted by molar-refractivity contribution is 0.149. The summed E-state index contributed by atoms with van der Waals surface area (Å²) < 4.78 is 43.0. The minimum absolute atomic E-state index is 0.0202. The fourth-order valence-electron chi connectivity index (χ4n) is 3.63. The molecule has 3 amide bonds. The van der Waals surface area contributed by atoms with Gasteiger partial charge in [0.2, 0.25) is 10.0 Å². The summed E-state index contributed by atoms with van der Waals surface area (Å²) in [5.41, 5.74) is 5.88. The molecular formula is C19H19ClFN5O5S2. The number of anilines is 1. The van der Waals surface area contributed by atoms with Crippen molar-refractivity contribution < 1.29 is 27.2 Å². The predicted molar refractivity (Wildman–Crippen MR) is 122 cm³/mol. The normalized spacial score (nSPS) is 18.5. The summed E-state index contributed by atoms with van der Waals surface area (Å²) >= 11 is 6.70. The van der Waals surface area contributed by atoms with Gasteiger partial charge in [0.15, 0.2) is 0 Å². The number of primary amides is 1. The molecule has 1 aromatic carbocycles. The molecule has 1 aliphatic heterocycles. The van der Waals surface area contributed by atoms with Crippen LogP contribution < -0.4 is 20.6 Å². The van der Waals surface area contributed by atoms with E-state index in [1.54, 1.807) is 24.3 Å². The van der Waals surface area contributed by atoms with Crippen molar-refractivity contribution in [3.8, 4) is 0 Å². The van der Waals surface area contributed by atoms with Gasteiger partial charge in [0, 0.05) is 24.4 Å². The maximum atomic E-state index is 14.2. The van der Waals surface area contributed by atoms with E-state index in [2.05, 4.69) is 10.0 Å². The molecule has 0 aliphatic carbocycles. The van der Waals surface area contributed by atoms with Gasteiger partial charge in [-0.1, -0.05) is 29.8 Å². The number of nitrogens with zero attached hydrogens (tertiary/aromatic N) is 2. The third kappa shape index (κ3) is 5.05. The zero-order valence-electron chi connectivity index (χ0n) is 16.9. The fourth-order valence-corrected chi connectivity index (χ4v) is 6.23. The number of likely N-dealkylation sites (tertiary alicyclic amines) is 1. The van der Waals surface area contributed by atoms with E-state index in [1.165, 1.54) is 23.2 Å². The van der Waals surface area contributed by atoms with Gasteiger partial charge in [-0.2, -0.15) is 4.73 Å². The SMILES string of the molecule is NC(=O)On1cc(NC(=O)N2C[C@H](F)C[C@H]2CNS(=O)(=O)c2ccc(Cl)s2)c2ccccc21. The molecule has 1 fully saturated rings. The van der Waals surface area contributed by atoms with Gasteiger partial charge in [0.25, 0.3) is 0 Å². The lowest BCUT2D eigenvalue weighted by Gasteiger charge is -2.24. The number of urea groups is 1. The smallest absolute Gasteiger partial charge is 0.333 e. The Morgan fingerprint density at radius 1 is 1.27 bits per heavy atom. The van der Waals surface area contributed by atoms with Crippen LogP contribution in [0.1, 0.15) is 6.42 Å². The average Bonchev–Trinajstić information content (AvgIpc) is 3.44. The number of rotatable bonds is 6. The maximum absolute atomic E-state index is 14.2. The van der Waals surface area contributed by atoms with E-state index in [4.69, 9.17) is 22.2 Å². The van der Waals surface area contributed by atoms with Crippen LogP contribution in [0.15, 0.2) is 46.8 Å². The van der Waals surface area contributed by atoms with Gasteiger partial charge in [-0.25, -0.2) is 27.1 Å². The third-order valence-corrected chi connectivity index (χ3v) is 8.20. The molecule has 1 aliphatic rings. The van der Waals surface area contributed by atoms with Crippen LogP contribution in [-0.4, -0.2) is 55.5 Å². The van der Waals surface area contributed by atoms with Crippen molar-refractivity contribution in [3.63, 3.8) is 0 Å². The molecular weight excluding hydrogens is 497 g/mol. The Kier molecular flexibility index (Phi) is 6.47. The predicted octanol–water partition coefficient (Wildman–Crippen LogP) is 2.79. The van der Waals surface area contributed by atoms with E-state index in [9.17, 15) is 22.4 Å². The Labute approximate surface area is 197 Å². The molecule has 4 rings (SSSR count). The quantitative estimate of drug-likeness (QED) is 0.464. The summed E-state index contributed by atoms with van der Waals surface area (Å²) in [5, 5.41) is 3.24. The first-order chi connectivity index (χ1) is 15.6. The number of benzene rings is 1. The summed E-state index contributed by atoms with van der Waals surface area (Å²) in [6.07, 6.45) is -0.990.